The smallest absolute Gasteiger partial charge is 0.234 e. The van der Waals surface area contributed by atoms with Gasteiger partial charge in [0.25, 0.3) is 0 Å². The number of halogens is 1. The van der Waals surface area contributed by atoms with E-state index in [0.717, 1.165) is 51.3 Å². The van der Waals surface area contributed by atoms with Crippen LogP contribution < -0.4 is 10.2 Å². The normalized spacial score (nSPS) is 19.0. The van der Waals surface area contributed by atoms with E-state index in [9.17, 15) is 9.18 Å². The van der Waals surface area contributed by atoms with Gasteiger partial charge >= 0.3 is 0 Å². The summed E-state index contributed by atoms with van der Waals surface area (Å²) in [6, 6.07) is 6.68. The van der Waals surface area contributed by atoms with E-state index < -0.39 is 0 Å². The van der Waals surface area contributed by atoms with E-state index in [1.165, 1.54) is 43.4 Å². The summed E-state index contributed by atoms with van der Waals surface area (Å²) in [6.45, 7) is 4.81. The van der Waals surface area contributed by atoms with Crippen LogP contribution in [0.3, 0.4) is 0 Å². The second-order valence-electron chi connectivity index (χ2n) is 7.30. The molecule has 142 valence electrons. The molecule has 1 aliphatic heterocycles. The number of rotatable bonds is 6. The van der Waals surface area contributed by atoms with Crippen molar-refractivity contribution in [2.24, 2.45) is 0 Å². The summed E-state index contributed by atoms with van der Waals surface area (Å²) in [7, 11) is 0. The van der Waals surface area contributed by atoms with Crippen LogP contribution in [0, 0.1) is 5.82 Å². The van der Waals surface area contributed by atoms with Crippen LogP contribution in [0.4, 0.5) is 10.1 Å². The molecular weight excluding hydrogens is 329 g/mol. The van der Waals surface area contributed by atoms with Gasteiger partial charge in [-0.2, -0.15) is 0 Å². The molecule has 1 fully saturated rings. The van der Waals surface area contributed by atoms with Gasteiger partial charge in [0, 0.05) is 38.4 Å². The molecule has 5 heteroatoms. The molecule has 1 aliphatic carbocycles. The Morgan fingerprint density at radius 1 is 1.04 bits per heavy atom. The summed E-state index contributed by atoms with van der Waals surface area (Å²) in [6.07, 6.45) is 9.33. The predicted octanol–water partition coefficient (Wildman–Crippen LogP) is 3.34. The minimum absolute atomic E-state index is 0.122. The average Bonchev–Trinajstić information content (AvgIpc) is 2.89. The van der Waals surface area contributed by atoms with Crippen LogP contribution in [0.15, 0.2) is 35.9 Å². The van der Waals surface area contributed by atoms with Gasteiger partial charge in [0.05, 0.1) is 6.54 Å². The number of nitrogens with one attached hydrogen (secondary N) is 1. The van der Waals surface area contributed by atoms with Gasteiger partial charge in [-0.05, 0) is 62.8 Å². The standard InChI is InChI=1S/C21H30FN3O/c22-19-7-9-20(10-8-19)25-14-4-13-24(15-16-25)17-21(26)23-12-11-18-5-2-1-3-6-18/h5,7-10H,1-4,6,11-17H2,(H,23,26). The van der Waals surface area contributed by atoms with Crippen molar-refractivity contribution in [1.82, 2.24) is 10.2 Å². The van der Waals surface area contributed by atoms with Gasteiger partial charge in [-0.1, -0.05) is 11.6 Å². The summed E-state index contributed by atoms with van der Waals surface area (Å²) in [5, 5.41) is 3.07. The first-order chi connectivity index (χ1) is 12.7. The zero-order valence-corrected chi connectivity index (χ0v) is 15.6. The Kier molecular flexibility index (Phi) is 7.06. The largest absolute Gasteiger partial charge is 0.370 e. The van der Waals surface area contributed by atoms with E-state index in [0.29, 0.717) is 6.54 Å². The third kappa shape index (κ3) is 5.84. The zero-order chi connectivity index (χ0) is 18.2. The third-order valence-corrected chi connectivity index (χ3v) is 5.30. The Morgan fingerprint density at radius 2 is 1.88 bits per heavy atom. The molecular formula is C21H30FN3O. The molecule has 1 amide bonds. The third-order valence-electron chi connectivity index (χ3n) is 5.30. The Labute approximate surface area is 156 Å². The summed E-state index contributed by atoms with van der Waals surface area (Å²) in [4.78, 5) is 16.7. The maximum absolute atomic E-state index is 13.1. The highest BCUT2D eigenvalue weighted by molar-refractivity contribution is 5.78. The highest BCUT2D eigenvalue weighted by Gasteiger charge is 2.17. The Balaban J connectivity index is 1.39. The van der Waals surface area contributed by atoms with Crippen LogP contribution in [-0.4, -0.2) is 50.1 Å². The van der Waals surface area contributed by atoms with Crippen molar-refractivity contribution in [3.63, 3.8) is 0 Å². The van der Waals surface area contributed by atoms with Crippen molar-refractivity contribution in [2.45, 2.75) is 38.5 Å². The fourth-order valence-corrected chi connectivity index (χ4v) is 3.79. The van der Waals surface area contributed by atoms with Crippen molar-refractivity contribution in [2.75, 3.05) is 44.2 Å². The lowest BCUT2D eigenvalue weighted by atomic mass is 9.97. The number of allylic oxidation sites excluding steroid dienone is 1. The van der Waals surface area contributed by atoms with Gasteiger partial charge in [-0.3, -0.25) is 9.69 Å². The highest BCUT2D eigenvalue weighted by atomic mass is 19.1. The molecule has 0 atom stereocenters. The molecule has 0 aromatic heterocycles. The van der Waals surface area contributed by atoms with Crippen LogP contribution in [-0.2, 0) is 4.79 Å². The molecule has 1 N–H and O–H groups in total. The van der Waals surface area contributed by atoms with E-state index in [-0.39, 0.29) is 11.7 Å². The fourth-order valence-electron chi connectivity index (χ4n) is 3.79. The van der Waals surface area contributed by atoms with Crippen LogP contribution in [0.25, 0.3) is 0 Å². The number of anilines is 1. The Morgan fingerprint density at radius 3 is 2.65 bits per heavy atom. The van der Waals surface area contributed by atoms with Crippen LogP contribution in [0.2, 0.25) is 0 Å². The van der Waals surface area contributed by atoms with Crippen molar-refractivity contribution < 1.29 is 9.18 Å². The van der Waals surface area contributed by atoms with E-state index in [1.807, 2.05) is 12.1 Å². The second kappa shape index (κ2) is 9.72. The van der Waals surface area contributed by atoms with E-state index in [1.54, 1.807) is 0 Å². The fraction of sp³-hybridized carbons (Fsp3) is 0.571. The topological polar surface area (TPSA) is 35.6 Å². The number of carbonyl (C=O) groups excluding carboxylic acids is 1. The first-order valence-corrected chi connectivity index (χ1v) is 9.88. The molecule has 0 saturated carbocycles. The number of hydrogen-bond acceptors (Lipinski definition) is 3. The van der Waals surface area contributed by atoms with E-state index in [2.05, 4.69) is 21.2 Å². The maximum atomic E-state index is 13.1. The Hall–Kier alpha value is -1.88. The molecule has 2 aliphatic rings. The number of benzene rings is 1. The number of nitrogens with zero attached hydrogens (tertiary/aromatic N) is 2. The lowest BCUT2D eigenvalue weighted by molar-refractivity contribution is -0.122. The van der Waals surface area contributed by atoms with Gasteiger partial charge in [-0.25, -0.2) is 4.39 Å². The first-order valence-electron chi connectivity index (χ1n) is 9.88. The molecule has 1 aromatic carbocycles. The van der Waals surface area contributed by atoms with Crippen molar-refractivity contribution >= 4 is 11.6 Å². The van der Waals surface area contributed by atoms with Gasteiger partial charge < -0.3 is 10.2 Å². The number of hydrogen-bond donors (Lipinski definition) is 1. The Bertz CT molecular complexity index is 614. The summed E-state index contributed by atoms with van der Waals surface area (Å²) in [5.74, 6) is -0.0810. The number of carbonyl (C=O) groups is 1. The van der Waals surface area contributed by atoms with Crippen LogP contribution >= 0.6 is 0 Å². The minimum atomic E-state index is -0.203. The zero-order valence-electron chi connectivity index (χ0n) is 15.6. The monoisotopic (exact) mass is 359 g/mol. The van der Waals surface area contributed by atoms with Crippen molar-refractivity contribution in [3.8, 4) is 0 Å². The first kappa shape index (κ1) is 18.9. The van der Waals surface area contributed by atoms with Gasteiger partial charge in [0.1, 0.15) is 5.82 Å². The summed E-state index contributed by atoms with van der Waals surface area (Å²) >= 11 is 0. The average molecular weight is 359 g/mol. The van der Waals surface area contributed by atoms with Crippen molar-refractivity contribution in [3.05, 3.63) is 41.7 Å². The minimum Gasteiger partial charge on any atom is -0.370 e. The van der Waals surface area contributed by atoms with Gasteiger partial charge in [0.2, 0.25) is 5.91 Å². The summed E-state index contributed by atoms with van der Waals surface area (Å²) < 4.78 is 13.1. The van der Waals surface area contributed by atoms with Crippen LogP contribution in [0.5, 0.6) is 0 Å². The van der Waals surface area contributed by atoms with Gasteiger partial charge in [0.15, 0.2) is 0 Å². The molecule has 3 rings (SSSR count). The second-order valence-corrected chi connectivity index (χ2v) is 7.30. The molecule has 0 radical (unpaired) electrons. The molecule has 1 heterocycles. The maximum Gasteiger partial charge on any atom is 0.234 e. The quantitative estimate of drug-likeness (QED) is 0.791. The summed E-state index contributed by atoms with van der Waals surface area (Å²) in [5.41, 5.74) is 2.56. The lowest BCUT2D eigenvalue weighted by Crippen LogP contribution is -2.39. The van der Waals surface area contributed by atoms with Crippen LogP contribution in [0.1, 0.15) is 38.5 Å². The number of amides is 1. The molecule has 1 aromatic rings. The van der Waals surface area contributed by atoms with Crippen molar-refractivity contribution in [1.29, 1.82) is 0 Å². The molecule has 0 bridgehead atoms. The molecule has 26 heavy (non-hydrogen) atoms. The predicted molar refractivity (Wildman–Crippen MR) is 104 cm³/mol. The molecule has 1 saturated heterocycles. The SMILES string of the molecule is O=C(CN1CCCN(c2ccc(F)cc2)CC1)NCCC1=CCCCC1. The van der Waals surface area contributed by atoms with Gasteiger partial charge in [-0.15, -0.1) is 0 Å². The van der Waals surface area contributed by atoms with E-state index in [4.69, 9.17) is 0 Å². The molecule has 0 unspecified atom stereocenters. The molecule has 0 spiro atoms. The molecule has 4 nitrogen and oxygen atoms in total. The highest BCUT2D eigenvalue weighted by Crippen LogP contribution is 2.19. The lowest BCUT2D eigenvalue weighted by Gasteiger charge is -2.23. The van der Waals surface area contributed by atoms with E-state index >= 15 is 0 Å².